The smallest absolute Gasteiger partial charge is 0.119 e. The van der Waals surface area contributed by atoms with Gasteiger partial charge in [0.05, 0.1) is 6.61 Å². The van der Waals surface area contributed by atoms with Gasteiger partial charge in [-0.05, 0) is 35.7 Å². The lowest BCUT2D eigenvalue weighted by atomic mass is 10.2. The Hall–Kier alpha value is -1.96. The van der Waals surface area contributed by atoms with Crippen LogP contribution in [0.1, 0.15) is 19.4 Å². The Morgan fingerprint density at radius 1 is 0.947 bits per heavy atom. The van der Waals surface area contributed by atoms with Gasteiger partial charge in [0, 0.05) is 12.2 Å². The predicted octanol–water partition coefficient (Wildman–Crippen LogP) is 4.33. The van der Waals surface area contributed by atoms with Crippen molar-refractivity contribution < 1.29 is 4.74 Å². The second-order valence-electron chi connectivity index (χ2n) is 5.07. The Kier molecular flexibility index (Phi) is 4.85. The van der Waals surface area contributed by atoms with Crippen molar-refractivity contribution in [3.63, 3.8) is 0 Å². The predicted molar refractivity (Wildman–Crippen MR) is 80.5 cm³/mol. The molecule has 0 atom stereocenters. The highest BCUT2D eigenvalue weighted by Gasteiger charge is 1.98. The number of rotatable bonds is 6. The van der Waals surface area contributed by atoms with Crippen LogP contribution >= 0.6 is 0 Å². The molecule has 0 unspecified atom stereocenters. The maximum absolute atomic E-state index is 5.66. The van der Waals surface area contributed by atoms with Gasteiger partial charge in [-0.3, -0.25) is 0 Å². The SMILES string of the molecule is CC(C)COc1ccc(CNc2ccccc2)cc1. The Balaban J connectivity index is 1.85. The minimum atomic E-state index is 0.555. The third-order valence-corrected chi connectivity index (χ3v) is 2.78. The average Bonchev–Trinajstić information content (AvgIpc) is 2.45. The summed E-state index contributed by atoms with van der Waals surface area (Å²) < 4.78 is 5.66. The molecule has 0 aliphatic rings. The van der Waals surface area contributed by atoms with Crippen LogP contribution in [0.5, 0.6) is 5.75 Å². The van der Waals surface area contributed by atoms with Crippen LogP contribution in [0.3, 0.4) is 0 Å². The van der Waals surface area contributed by atoms with E-state index in [0.717, 1.165) is 24.6 Å². The van der Waals surface area contributed by atoms with Crippen LogP contribution in [0.2, 0.25) is 0 Å². The lowest BCUT2D eigenvalue weighted by Crippen LogP contribution is -2.04. The molecular weight excluding hydrogens is 234 g/mol. The molecule has 0 aromatic heterocycles. The minimum absolute atomic E-state index is 0.555. The summed E-state index contributed by atoms with van der Waals surface area (Å²) in [6.45, 7) is 5.90. The maximum Gasteiger partial charge on any atom is 0.119 e. The zero-order chi connectivity index (χ0) is 13.5. The van der Waals surface area contributed by atoms with Crippen molar-refractivity contribution >= 4 is 5.69 Å². The van der Waals surface area contributed by atoms with E-state index in [4.69, 9.17) is 4.74 Å². The van der Waals surface area contributed by atoms with Crippen LogP contribution in [-0.2, 0) is 6.54 Å². The van der Waals surface area contributed by atoms with Gasteiger partial charge in [-0.15, -0.1) is 0 Å². The van der Waals surface area contributed by atoms with Crippen molar-refractivity contribution in [1.82, 2.24) is 0 Å². The third kappa shape index (κ3) is 4.66. The average molecular weight is 255 g/mol. The standard InChI is InChI=1S/C17H21NO/c1-14(2)13-19-17-10-8-15(9-11-17)12-18-16-6-4-3-5-7-16/h3-11,14,18H,12-13H2,1-2H3. The summed E-state index contributed by atoms with van der Waals surface area (Å²) in [6.07, 6.45) is 0. The molecule has 1 N–H and O–H groups in total. The summed E-state index contributed by atoms with van der Waals surface area (Å²) in [5, 5.41) is 3.39. The Morgan fingerprint density at radius 3 is 2.26 bits per heavy atom. The molecule has 0 radical (unpaired) electrons. The second-order valence-corrected chi connectivity index (χ2v) is 5.07. The first-order valence-corrected chi connectivity index (χ1v) is 6.74. The third-order valence-electron chi connectivity index (χ3n) is 2.78. The highest BCUT2D eigenvalue weighted by Crippen LogP contribution is 2.14. The summed E-state index contributed by atoms with van der Waals surface area (Å²) in [5.74, 6) is 1.50. The Morgan fingerprint density at radius 2 is 1.63 bits per heavy atom. The molecule has 19 heavy (non-hydrogen) atoms. The van der Waals surface area contributed by atoms with Gasteiger partial charge in [-0.25, -0.2) is 0 Å². The molecule has 0 heterocycles. The van der Waals surface area contributed by atoms with E-state index in [1.165, 1.54) is 5.56 Å². The van der Waals surface area contributed by atoms with E-state index in [1.54, 1.807) is 0 Å². The second kappa shape index (κ2) is 6.83. The zero-order valence-electron chi connectivity index (χ0n) is 11.6. The minimum Gasteiger partial charge on any atom is -0.493 e. The van der Waals surface area contributed by atoms with E-state index in [1.807, 2.05) is 30.3 Å². The highest BCUT2D eigenvalue weighted by molar-refractivity contribution is 5.43. The molecule has 0 saturated heterocycles. The number of para-hydroxylation sites is 1. The lowest BCUT2D eigenvalue weighted by molar-refractivity contribution is 0.271. The topological polar surface area (TPSA) is 21.3 Å². The molecule has 0 spiro atoms. The molecule has 0 aliphatic heterocycles. The van der Waals surface area contributed by atoms with E-state index < -0.39 is 0 Å². The summed E-state index contributed by atoms with van der Waals surface area (Å²) in [7, 11) is 0. The van der Waals surface area contributed by atoms with Crippen LogP contribution in [0.25, 0.3) is 0 Å². The molecule has 100 valence electrons. The first kappa shape index (κ1) is 13.5. The van der Waals surface area contributed by atoms with Crippen molar-refractivity contribution in [2.24, 2.45) is 5.92 Å². The van der Waals surface area contributed by atoms with Crippen molar-refractivity contribution in [3.05, 3.63) is 60.2 Å². The lowest BCUT2D eigenvalue weighted by Gasteiger charge is -2.10. The number of hydrogen-bond donors (Lipinski definition) is 1. The van der Waals surface area contributed by atoms with Crippen molar-refractivity contribution in [1.29, 1.82) is 0 Å². The fourth-order valence-corrected chi connectivity index (χ4v) is 1.73. The highest BCUT2D eigenvalue weighted by atomic mass is 16.5. The molecule has 0 fully saturated rings. The Bertz CT molecular complexity index is 476. The monoisotopic (exact) mass is 255 g/mol. The number of ether oxygens (including phenoxy) is 1. The van der Waals surface area contributed by atoms with E-state index >= 15 is 0 Å². The first-order valence-electron chi connectivity index (χ1n) is 6.74. The molecule has 0 saturated carbocycles. The van der Waals surface area contributed by atoms with Gasteiger partial charge in [0.2, 0.25) is 0 Å². The van der Waals surface area contributed by atoms with E-state index in [2.05, 4.69) is 43.4 Å². The molecule has 0 aliphatic carbocycles. The normalized spacial score (nSPS) is 10.5. The van der Waals surface area contributed by atoms with Crippen LogP contribution in [0.4, 0.5) is 5.69 Å². The molecule has 2 heteroatoms. The zero-order valence-corrected chi connectivity index (χ0v) is 11.6. The van der Waals surface area contributed by atoms with E-state index in [0.29, 0.717) is 5.92 Å². The quantitative estimate of drug-likeness (QED) is 0.829. The van der Waals surface area contributed by atoms with Crippen LogP contribution in [-0.4, -0.2) is 6.61 Å². The van der Waals surface area contributed by atoms with Gasteiger partial charge in [-0.2, -0.15) is 0 Å². The Labute approximate surface area is 115 Å². The van der Waals surface area contributed by atoms with Crippen LogP contribution < -0.4 is 10.1 Å². The first-order chi connectivity index (χ1) is 9.24. The van der Waals surface area contributed by atoms with Gasteiger partial charge in [0.25, 0.3) is 0 Å². The van der Waals surface area contributed by atoms with Crippen molar-refractivity contribution in [3.8, 4) is 5.75 Å². The largest absolute Gasteiger partial charge is 0.493 e. The molecule has 0 bridgehead atoms. The summed E-state index contributed by atoms with van der Waals surface area (Å²) in [5.41, 5.74) is 2.39. The molecular formula is C17H21NO. The number of hydrogen-bond acceptors (Lipinski definition) is 2. The molecule has 2 nitrogen and oxygen atoms in total. The fraction of sp³-hybridized carbons (Fsp3) is 0.294. The maximum atomic E-state index is 5.66. The van der Waals surface area contributed by atoms with Crippen molar-refractivity contribution in [2.75, 3.05) is 11.9 Å². The summed E-state index contributed by atoms with van der Waals surface area (Å²) >= 11 is 0. The summed E-state index contributed by atoms with van der Waals surface area (Å²) in [6, 6.07) is 18.5. The van der Waals surface area contributed by atoms with Gasteiger partial charge in [-0.1, -0.05) is 44.2 Å². The molecule has 0 amide bonds. The van der Waals surface area contributed by atoms with Gasteiger partial charge >= 0.3 is 0 Å². The van der Waals surface area contributed by atoms with Crippen LogP contribution in [0.15, 0.2) is 54.6 Å². The van der Waals surface area contributed by atoms with Gasteiger partial charge < -0.3 is 10.1 Å². The number of anilines is 1. The fourth-order valence-electron chi connectivity index (χ4n) is 1.73. The van der Waals surface area contributed by atoms with Crippen molar-refractivity contribution in [2.45, 2.75) is 20.4 Å². The number of nitrogens with one attached hydrogen (secondary N) is 1. The van der Waals surface area contributed by atoms with Crippen LogP contribution in [0, 0.1) is 5.92 Å². The van der Waals surface area contributed by atoms with Gasteiger partial charge in [0.1, 0.15) is 5.75 Å². The molecule has 2 aromatic rings. The van der Waals surface area contributed by atoms with E-state index in [9.17, 15) is 0 Å². The van der Waals surface area contributed by atoms with Gasteiger partial charge in [0.15, 0.2) is 0 Å². The number of benzene rings is 2. The van der Waals surface area contributed by atoms with E-state index in [-0.39, 0.29) is 0 Å². The molecule has 2 aromatic carbocycles. The molecule has 2 rings (SSSR count). The summed E-state index contributed by atoms with van der Waals surface area (Å²) in [4.78, 5) is 0.